The Morgan fingerprint density at radius 1 is 0.824 bits per heavy atom. The van der Waals surface area contributed by atoms with Crippen LogP contribution < -0.4 is 5.32 Å². The molecule has 1 aliphatic carbocycles. The molecule has 0 aromatic heterocycles. The van der Waals surface area contributed by atoms with E-state index < -0.39 is 18.1 Å². The van der Waals surface area contributed by atoms with Crippen LogP contribution >= 0.6 is 0 Å². The maximum atomic E-state index is 12.7. The molecule has 3 aromatic rings. The second kappa shape index (κ2) is 11.5. The van der Waals surface area contributed by atoms with Gasteiger partial charge >= 0.3 is 12.1 Å². The van der Waals surface area contributed by atoms with E-state index in [1.54, 1.807) is 0 Å². The fraction of sp³-hybridized carbons (Fsp3) is 0.310. The maximum absolute atomic E-state index is 12.7. The van der Waals surface area contributed by atoms with Gasteiger partial charge in [0.2, 0.25) is 0 Å². The smallest absolute Gasteiger partial charge is 0.407 e. The third-order valence-corrected chi connectivity index (χ3v) is 6.24. The van der Waals surface area contributed by atoms with Gasteiger partial charge in [0.25, 0.3) is 0 Å². The molecule has 34 heavy (non-hydrogen) atoms. The van der Waals surface area contributed by atoms with E-state index in [4.69, 9.17) is 9.47 Å². The van der Waals surface area contributed by atoms with Crippen LogP contribution in [0.2, 0.25) is 0 Å². The summed E-state index contributed by atoms with van der Waals surface area (Å²) in [5, 5.41) is 2.75. The van der Waals surface area contributed by atoms with Crippen molar-refractivity contribution in [3.05, 3.63) is 95.6 Å². The quantitative estimate of drug-likeness (QED) is 0.290. The molecule has 1 amide bonds. The monoisotopic (exact) mass is 457 g/mol. The Balaban J connectivity index is 1.37. The van der Waals surface area contributed by atoms with E-state index in [-0.39, 0.29) is 19.1 Å². The molecule has 3 aromatic carbocycles. The van der Waals surface area contributed by atoms with E-state index in [2.05, 4.69) is 36.5 Å². The van der Waals surface area contributed by atoms with Gasteiger partial charge in [-0.2, -0.15) is 0 Å². The molecule has 1 atom stereocenters. The zero-order chi connectivity index (χ0) is 23.8. The summed E-state index contributed by atoms with van der Waals surface area (Å²) >= 11 is 0. The number of carbonyl (C=O) groups excluding carboxylic acids is 2. The SMILES string of the molecule is CCCCC[C@H](NC(=O)OCC1c2ccccc2-c2ccccc21)C(=O)OCc1ccccc1. The standard InChI is InChI=1S/C29H31NO4/c1-2-3-5-18-27(28(31)33-19-21-12-6-4-7-13-21)30-29(32)34-20-26-24-16-10-8-14-22(24)23-15-9-11-17-25(23)26/h4,6-17,26-27H,2-3,5,18-20H2,1H3,(H,30,32)/t27-/m0/s1. The lowest BCUT2D eigenvalue weighted by Crippen LogP contribution is -2.42. The van der Waals surface area contributed by atoms with Gasteiger partial charge in [0.05, 0.1) is 0 Å². The maximum Gasteiger partial charge on any atom is 0.407 e. The van der Waals surface area contributed by atoms with Crippen LogP contribution in [-0.4, -0.2) is 24.7 Å². The third kappa shape index (κ3) is 5.66. The first-order chi connectivity index (χ1) is 16.7. The molecular formula is C29H31NO4. The van der Waals surface area contributed by atoms with Crippen LogP contribution in [0.25, 0.3) is 11.1 Å². The molecule has 0 heterocycles. The molecule has 1 N–H and O–H groups in total. The van der Waals surface area contributed by atoms with Crippen molar-refractivity contribution in [3.8, 4) is 11.1 Å². The number of unbranched alkanes of at least 4 members (excludes halogenated alkanes) is 2. The van der Waals surface area contributed by atoms with Crippen molar-refractivity contribution in [1.82, 2.24) is 5.32 Å². The van der Waals surface area contributed by atoms with Crippen LogP contribution in [-0.2, 0) is 20.9 Å². The van der Waals surface area contributed by atoms with Crippen molar-refractivity contribution >= 4 is 12.1 Å². The number of hydrogen-bond donors (Lipinski definition) is 1. The Kier molecular flexibility index (Phi) is 7.97. The summed E-state index contributed by atoms with van der Waals surface area (Å²) in [6.45, 7) is 2.48. The Morgan fingerprint density at radius 3 is 2.09 bits per heavy atom. The first-order valence-electron chi connectivity index (χ1n) is 12.0. The summed E-state index contributed by atoms with van der Waals surface area (Å²) < 4.78 is 11.1. The summed E-state index contributed by atoms with van der Waals surface area (Å²) in [6.07, 6.45) is 2.75. The number of benzene rings is 3. The largest absolute Gasteiger partial charge is 0.459 e. The summed E-state index contributed by atoms with van der Waals surface area (Å²) in [6, 6.07) is 25.2. The number of hydrogen-bond acceptors (Lipinski definition) is 4. The lowest BCUT2D eigenvalue weighted by atomic mass is 9.98. The number of amides is 1. The van der Waals surface area contributed by atoms with E-state index in [1.165, 1.54) is 11.1 Å². The first-order valence-corrected chi connectivity index (χ1v) is 12.0. The summed E-state index contributed by atoms with van der Waals surface area (Å²) in [5.74, 6) is -0.463. The zero-order valence-electron chi connectivity index (χ0n) is 19.5. The number of nitrogens with one attached hydrogen (secondary N) is 1. The van der Waals surface area contributed by atoms with Gasteiger partial charge in [-0.05, 0) is 34.2 Å². The highest BCUT2D eigenvalue weighted by atomic mass is 16.6. The molecule has 0 bridgehead atoms. The van der Waals surface area contributed by atoms with E-state index in [0.29, 0.717) is 6.42 Å². The van der Waals surface area contributed by atoms with Crippen LogP contribution in [0.5, 0.6) is 0 Å². The minimum Gasteiger partial charge on any atom is -0.459 e. The van der Waals surface area contributed by atoms with Crippen LogP contribution in [0, 0.1) is 0 Å². The average Bonchev–Trinajstić information content (AvgIpc) is 3.20. The molecule has 0 saturated heterocycles. The van der Waals surface area contributed by atoms with Gasteiger partial charge in [-0.25, -0.2) is 9.59 Å². The molecule has 5 heteroatoms. The lowest BCUT2D eigenvalue weighted by molar-refractivity contribution is -0.147. The third-order valence-electron chi connectivity index (χ3n) is 6.24. The van der Waals surface area contributed by atoms with E-state index in [0.717, 1.165) is 36.0 Å². The number of alkyl carbamates (subject to hydrolysis) is 1. The minimum atomic E-state index is -0.731. The summed E-state index contributed by atoms with van der Waals surface area (Å²) in [7, 11) is 0. The lowest BCUT2D eigenvalue weighted by Gasteiger charge is -2.19. The fourth-order valence-corrected chi connectivity index (χ4v) is 4.46. The molecule has 5 nitrogen and oxygen atoms in total. The molecule has 176 valence electrons. The minimum absolute atomic E-state index is 0.0262. The molecule has 0 spiro atoms. The second-order valence-electron chi connectivity index (χ2n) is 8.61. The van der Waals surface area contributed by atoms with Crippen molar-refractivity contribution in [1.29, 1.82) is 0 Å². The van der Waals surface area contributed by atoms with Gasteiger partial charge in [0, 0.05) is 5.92 Å². The van der Waals surface area contributed by atoms with Crippen molar-refractivity contribution in [3.63, 3.8) is 0 Å². The number of carbonyl (C=O) groups is 2. The summed E-state index contributed by atoms with van der Waals surface area (Å²) in [4.78, 5) is 25.4. The number of ether oxygens (including phenoxy) is 2. The molecule has 4 rings (SSSR count). The van der Waals surface area contributed by atoms with Crippen LogP contribution in [0.15, 0.2) is 78.9 Å². The number of fused-ring (bicyclic) bond motifs is 3. The van der Waals surface area contributed by atoms with Crippen LogP contribution in [0.1, 0.15) is 55.2 Å². The van der Waals surface area contributed by atoms with Gasteiger partial charge in [-0.3, -0.25) is 0 Å². The Bertz CT molecular complexity index is 1070. The number of esters is 1. The highest BCUT2D eigenvalue weighted by molar-refractivity contribution is 5.82. The topological polar surface area (TPSA) is 64.6 Å². The summed E-state index contributed by atoms with van der Waals surface area (Å²) in [5.41, 5.74) is 5.56. The molecule has 0 fully saturated rings. The molecule has 0 unspecified atom stereocenters. The van der Waals surface area contributed by atoms with Crippen LogP contribution in [0.3, 0.4) is 0 Å². The Hall–Kier alpha value is -3.60. The predicted molar refractivity (Wildman–Crippen MR) is 132 cm³/mol. The average molecular weight is 458 g/mol. The fourth-order valence-electron chi connectivity index (χ4n) is 4.46. The molecule has 0 aliphatic heterocycles. The zero-order valence-corrected chi connectivity index (χ0v) is 19.5. The second-order valence-corrected chi connectivity index (χ2v) is 8.61. The van der Waals surface area contributed by atoms with Gasteiger partial charge in [-0.15, -0.1) is 0 Å². The van der Waals surface area contributed by atoms with E-state index in [1.807, 2.05) is 54.6 Å². The molecule has 0 radical (unpaired) electrons. The van der Waals surface area contributed by atoms with Crippen molar-refractivity contribution in [2.75, 3.05) is 6.61 Å². The van der Waals surface area contributed by atoms with E-state index in [9.17, 15) is 9.59 Å². The van der Waals surface area contributed by atoms with Gasteiger partial charge in [-0.1, -0.05) is 105 Å². The Morgan fingerprint density at radius 2 is 1.44 bits per heavy atom. The van der Waals surface area contributed by atoms with Gasteiger partial charge < -0.3 is 14.8 Å². The molecule has 1 aliphatic rings. The Labute approximate surface area is 201 Å². The van der Waals surface area contributed by atoms with Crippen molar-refractivity contribution < 1.29 is 19.1 Å². The van der Waals surface area contributed by atoms with Crippen LogP contribution in [0.4, 0.5) is 4.79 Å². The van der Waals surface area contributed by atoms with Gasteiger partial charge in [0.15, 0.2) is 0 Å². The van der Waals surface area contributed by atoms with Crippen molar-refractivity contribution in [2.24, 2.45) is 0 Å². The van der Waals surface area contributed by atoms with E-state index >= 15 is 0 Å². The first kappa shape index (κ1) is 23.6. The van der Waals surface area contributed by atoms with Gasteiger partial charge in [0.1, 0.15) is 19.3 Å². The highest BCUT2D eigenvalue weighted by Crippen LogP contribution is 2.44. The van der Waals surface area contributed by atoms with Crippen molar-refractivity contribution in [2.45, 2.75) is 51.2 Å². The predicted octanol–water partition coefficient (Wildman–Crippen LogP) is 6.22. The normalized spacial score (nSPS) is 13.0. The molecular weight excluding hydrogens is 426 g/mol. The highest BCUT2D eigenvalue weighted by Gasteiger charge is 2.30. The molecule has 0 saturated carbocycles. The number of rotatable bonds is 10.